The van der Waals surface area contributed by atoms with Crippen LogP contribution in [0.25, 0.3) is 22.3 Å². The number of amides is 1. The molecule has 0 atom stereocenters. The molecule has 4 aromatic rings. The fraction of sp³-hybridized carbons (Fsp3) is 0.150. The van der Waals surface area contributed by atoms with E-state index < -0.39 is 0 Å². The van der Waals surface area contributed by atoms with Gasteiger partial charge in [-0.3, -0.25) is 4.79 Å². The molecule has 26 heavy (non-hydrogen) atoms. The lowest BCUT2D eigenvalue weighted by atomic mass is 10.1. The first-order chi connectivity index (χ1) is 12.6. The predicted molar refractivity (Wildman–Crippen MR) is 105 cm³/mol. The number of hydrogen-bond donors (Lipinski definition) is 1. The minimum Gasteiger partial charge on any atom is -0.325 e. The summed E-state index contributed by atoms with van der Waals surface area (Å²) in [6, 6.07) is 15.6. The maximum atomic E-state index is 12.6. The second-order valence-corrected chi connectivity index (χ2v) is 7.18. The number of anilines is 1. The summed E-state index contributed by atoms with van der Waals surface area (Å²) in [7, 11) is 0. The number of benzene rings is 2. The van der Waals surface area contributed by atoms with Gasteiger partial charge < -0.3 is 9.88 Å². The Balaban J connectivity index is 1.54. The Labute approximate surface area is 155 Å². The van der Waals surface area contributed by atoms with Crippen molar-refractivity contribution in [2.24, 2.45) is 0 Å². The molecule has 0 radical (unpaired) electrons. The van der Waals surface area contributed by atoms with Crippen LogP contribution >= 0.6 is 11.3 Å². The van der Waals surface area contributed by atoms with Crippen LogP contribution in [0.3, 0.4) is 0 Å². The van der Waals surface area contributed by atoms with Crippen molar-refractivity contribution in [2.45, 2.75) is 20.4 Å². The van der Waals surface area contributed by atoms with E-state index in [1.54, 1.807) is 11.3 Å². The quantitative estimate of drug-likeness (QED) is 0.585. The molecule has 4 rings (SSSR count). The standard InChI is InChI=1S/C20H18N4OS/c1-13-21-17-8-3-4-9-19(17)24(13)11-20(25)23-16-7-5-6-15(10-16)18-12-26-14(2)22-18/h3-10,12H,11H2,1-2H3,(H,23,25). The van der Waals surface area contributed by atoms with Gasteiger partial charge in [0.1, 0.15) is 12.4 Å². The number of rotatable bonds is 4. The van der Waals surface area contributed by atoms with Crippen LogP contribution in [-0.2, 0) is 11.3 Å². The first kappa shape index (κ1) is 16.5. The minimum absolute atomic E-state index is 0.0807. The summed E-state index contributed by atoms with van der Waals surface area (Å²) in [5.74, 6) is 0.746. The van der Waals surface area contributed by atoms with E-state index >= 15 is 0 Å². The van der Waals surface area contributed by atoms with Crippen LogP contribution in [0.15, 0.2) is 53.9 Å². The summed E-state index contributed by atoms with van der Waals surface area (Å²) in [4.78, 5) is 21.6. The number of nitrogens with one attached hydrogen (secondary N) is 1. The van der Waals surface area contributed by atoms with Crippen molar-refractivity contribution >= 4 is 34.0 Å². The SMILES string of the molecule is Cc1nc(-c2cccc(NC(=O)Cn3c(C)nc4ccccc43)c2)cs1. The highest BCUT2D eigenvalue weighted by Gasteiger charge is 2.11. The third-order valence-corrected chi connectivity index (χ3v) is 4.98. The van der Waals surface area contributed by atoms with Crippen molar-refractivity contribution in [3.63, 3.8) is 0 Å². The lowest BCUT2D eigenvalue weighted by Crippen LogP contribution is -2.19. The van der Waals surface area contributed by atoms with Crippen LogP contribution in [0.2, 0.25) is 0 Å². The lowest BCUT2D eigenvalue weighted by Gasteiger charge is -2.09. The number of imidazole rings is 1. The largest absolute Gasteiger partial charge is 0.325 e. The van der Waals surface area contributed by atoms with E-state index in [1.165, 1.54) is 0 Å². The van der Waals surface area contributed by atoms with E-state index in [0.717, 1.165) is 38.8 Å². The average molecular weight is 362 g/mol. The summed E-state index contributed by atoms with van der Waals surface area (Å²) in [6.07, 6.45) is 0. The van der Waals surface area contributed by atoms with Gasteiger partial charge in [0.15, 0.2) is 0 Å². The summed E-state index contributed by atoms with van der Waals surface area (Å²) < 4.78 is 1.93. The highest BCUT2D eigenvalue weighted by Crippen LogP contribution is 2.24. The zero-order valence-corrected chi connectivity index (χ0v) is 15.4. The van der Waals surface area contributed by atoms with Crippen molar-refractivity contribution in [3.8, 4) is 11.3 Å². The van der Waals surface area contributed by atoms with Gasteiger partial charge in [-0.25, -0.2) is 9.97 Å². The number of para-hydroxylation sites is 2. The summed E-state index contributed by atoms with van der Waals surface area (Å²) >= 11 is 1.62. The average Bonchev–Trinajstić information content (AvgIpc) is 3.19. The third-order valence-electron chi connectivity index (χ3n) is 4.21. The monoisotopic (exact) mass is 362 g/mol. The highest BCUT2D eigenvalue weighted by atomic mass is 32.1. The first-order valence-corrected chi connectivity index (χ1v) is 9.22. The molecule has 0 fully saturated rings. The van der Waals surface area contributed by atoms with Crippen molar-refractivity contribution in [2.75, 3.05) is 5.32 Å². The molecule has 0 unspecified atom stereocenters. The molecule has 0 saturated carbocycles. The molecular weight excluding hydrogens is 344 g/mol. The number of aromatic nitrogens is 3. The number of carbonyl (C=O) groups is 1. The molecule has 0 aliphatic heterocycles. The first-order valence-electron chi connectivity index (χ1n) is 8.34. The van der Waals surface area contributed by atoms with Crippen LogP contribution in [0.1, 0.15) is 10.8 Å². The maximum Gasteiger partial charge on any atom is 0.244 e. The van der Waals surface area contributed by atoms with Gasteiger partial charge in [-0.2, -0.15) is 0 Å². The van der Waals surface area contributed by atoms with Crippen LogP contribution in [0, 0.1) is 13.8 Å². The van der Waals surface area contributed by atoms with Gasteiger partial charge in [-0.1, -0.05) is 24.3 Å². The van der Waals surface area contributed by atoms with Gasteiger partial charge in [0.2, 0.25) is 5.91 Å². The minimum atomic E-state index is -0.0807. The molecule has 0 spiro atoms. The topological polar surface area (TPSA) is 59.8 Å². The number of aryl methyl sites for hydroxylation is 2. The molecule has 0 aliphatic carbocycles. The number of carbonyl (C=O) groups excluding carboxylic acids is 1. The molecule has 130 valence electrons. The van der Waals surface area contributed by atoms with Gasteiger partial charge in [0, 0.05) is 16.6 Å². The van der Waals surface area contributed by atoms with Crippen LogP contribution in [0.4, 0.5) is 5.69 Å². The second-order valence-electron chi connectivity index (χ2n) is 6.11. The van der Waals surface area contributed by atoms with Crippen molar-refractivity contribution in [3.05, 3.63) is 64.7 Å². The van der Waals surface area contributed by atoms with E-state index in [2.05, 4.69) is 15.3 Å². The van der Waals surface area contributed by atoms with Gasteiger partial charge in [0.25, 0.3) is 0 Å². The molecule has 0 aliphatic rings. The molecule has 2 aromatic heterocycles. The lowest BCUT2D eigenvalue weighted by molar-refractivity contribution is -0.116. The molecule has 2 aromatic carbocycles. The van der Waals surface area contributed by atoms with Crippen molar-refractivity contribution < 1.29 is 4.79 Å². The molecule has 5 nitrogen and oxygen atoms in total. The fourth-order valence-corrected chi connectivity index (χ4v) is 3.61. The Hall–Kier alpha value is -2.99. The van der Waals surface area contributed by atoms with Gasteiger partial charge in [-0.05, 0) is 38.1 Å². The summed E-state index contributed by atoms with van der Waals surface area (Å²) in [5, 5.41) is 6.03. The molecule has 0 saturated heterocycles. The molecular formula is C20H18N4OS. The van der Waals surface area contributed by atoms with Crippen molar-refractivity contribution in [1.29, 1.82) is 0 Å². The van der Waals surface area contributed by atoms with E-state index in [-0.39, 0.29) is 12.5 Å². The third kappa shape index (κ3) is 3.23. The Morgan fingerprint density at radius 2 is 1.96 bits per heavy atom. The van der Waals surface area contributed by atoms with E-state index in [4.69, 9.17) is 0 Å². The molecule has 0 bridgehead atoms. The van der Waals surface area contributed by atoms with Gasteiger partial charge >= 0.3 is 0 Å². The van der Waals surface area contributed by atoms with E-state index in [1.807, 2.05) is 72.3 Å². The fourth-order valence-electron chi connectivity index (χ4n) is 2.99. The molecule has 1 amide bonds. The molecule has 2 heterocycles. The predicted octanol–water partition coefficient (Wildman–Crippen LogP) is 4.42. The summed E-state index contributed by atoms with van der Waals surface area (Å²) in [5.41, 5.74) is 4.56. The van der Waals surface area contributed by atoms with Gasteiger partial charge in [-0.15, -0.1) is 11.3 Å². The number of nitrogens with zero attached hydrogens (tertiary/aromatic N) is 3. The summed E-state index contributed by atoms with van der Waals surface area (Å²) in [6.45, 7) is 4.13. The number of hydrogen-bond acceptors (Lipinski definition) is 4. The van der Waals surface area contributed by atoms with Crippen LogP contribution < -0.4 is 5.32 Å². The molecule has 1 N–H and O–H groups in total. The highest BCUT2D eigenvalue weighted by molar-refractivity contribution is 7.09. The Kier molecular flexibility index (Phi) is 4.26. The Morgan fingerprint density at radius 1 is 1.12 bits per heavy atom. The Bertz CT molecular complexity index is 1100. The normalized spacial score (nSPS) is 11.0. The van der Waals surface area contributed by atoms with Crippen LogP contribution in [-0.4, -0.2) is 20.4 Å². The van der Waals surface area contributed by atoms with Crippen molar-refractivity contribution in [1.82, 2.24) is 14.5 Å². The van der Waals surface area contributed by atoms with Gasteiger partial charge in [0.05, 0.1) is 21.7 Å². The van der Waals surface area contributed by atoms with E-state index in [0.29, 0.717) is 0 Å². The zero-order chi connectivity index (χ0) is 18.1. The zero-order valence-electron chi connectivity index (χ0n) is 14.6. The number of thiazole rings is 1. The molecule has 6 heteroatoms. The number of fused-ring (bicyclic) bond motifs is 1. The second kappa shape index (κ2) is 6.72. The Morgan fingerprint density at radius 3 is 2.77 bits per heavy atom. The maximum absolute atomic E-state index is 12.6. The van der Waals surface area contributed by atoms with E-state index in [9.17, 15) is 4.79 Å². The smallest absolute Gasteiger partial charge is 0.244 e. The van der Waals surface area contributed by atoms with Crippen LogP contribution in [0.5, 0.6) is 0 Å².